The molecule has 0 aliphatic heterocycles. The van der Waals surface area contributed by atoms with Gasteiger partial charge in [-0.1, -0.05) is 26.8 Å². The summed E-state index contributed by atoms with van der Waals surface area (Å²) in [6.07, 6.45) is 0.868. The van der Waals surface area contributed by atoms with Crippen LogP contribution in [0.3, 0.4) is 0 Å². The van der Waals surface area contributed by atoms with Gasteiger partial charge in [0.05, 0.1) is 11.4 Å². The molecule has 0 spiro atoms. The van der Waals surface area contributed by atoms with Crippen LogP contribution < -0.4 is 0 Å². The fraction of sp³-hybridized carbons (Fsp3) is 0.545. The molecule has 3 heteroatoms. The normalized spacial score (nSPS) is 14.1. The molecule has 3 nitrogen and oxygen atoms in total. The second-order valence-corrected chi connectivity index (χ2v) is 4.51. The van der Waals surface area contributed by atoms with Gasteiger partial charge in [-0.05, 0) is 6.07 Å². The maximum atomic E-state index is 9.61. The van der Waals surface area contributed by atoms with E-state index in [9.17, 15) is 5.11 Å². The highest BCUT2D eigenvalue weighted by atomic mass is 16.3. The van der Waals surface area contributed by atoms with Crippen LogP contribution in [0.5, 0.6) is 0 Å². The molecule has 1 aromatic rings. The van der Waals surface area contributed by atoms with E-state index in [-0.39, 0.29) is 5.41 Å². The van der Waals surface area contributed by atoms with Crippen LogP contribution in [0.2, 0.25) is 0 Å². The minimum Gasteiger partial charge on any atom is -0.383 e. The number of aliphatic hydroxyl groups excluding tert-OH is 1. The molecule has 0 fully saturated rings. The van der Waals surface area contributed by atoms with Crippen molar-refractivity contribution in [3.05, 3.63) is 30.1 Å². The molecular weight excluding hydrogens is 176 g/mol. The van der Waals surface area contributed by atoms with Gasteiger partial charge < -0.3 is 5.11 Å². The van der Waals surface area contributed by atoms with Gasteiger partial charge in [-0.15, -0.1) is 6.58 Å². The highest BCUT2D eigenvalue weighted by Gasteiger charge is 2.20. The first-order valence-electron chi connectivity index (χ1n) is 4.71. The second kappa shape index (κ2) is 3.58. The van der Waals surface area contributed by atoms with E-state index in [1.165, 1.54) is 6.08 Å². The Bertz CT molecular complexity index is 334. The average Bonchev–Trinajstić information content (AvgIpc) is 2.45. The smallest absolute Gasteiger partial charge is 0.113 e. The van der Waals surface area contributed by atoms with E-state index >= 15 is 0 Å². The summed E-state index contributed by atoms with van der Waals surface area (Å²) in [6.45, 7) is 9.85. The van der Waals surface area contributed by atoms with Crippen LogP contribution in [0.1, 0.15) is 38.3 Å². The lowest BCUT2D eigenvalue weighted by molar-refractivity contribution is 0.218. The van der Waals surface area contributed by atoms with E-state index in [1.54, 1.807) is 4.68 Å². The third kappa shape index (κ3) is 2.04. The van der Waals surface area contributed by atoms with Crippen molar-refractivity contribution in [1.82, 2.24) is 9.78 Å². The zero-order valence-corrected chi connectivity index (χ0v) is 9.28. The van der Waals surface area contributed by atoms with Crippen LogP contribution in [0.15, 0.2) is 18.7 Å². The van der Waals surface area contributed by atoms with E-state index < -0.39 is 6.10 Å². The molecule has 1 aromatic heterocycles. The topological polar surface area (TPSA) is 38.1 Å². The first-order valence-corrected chi connectivity index (χ1v) is 4.71. The Morgan fingerprint density at radius 1 is 1.57 bits per heavy atom. The molecule has 0 aromatic carbocycles. The summed E-state index contributed by atoms with van der Waals surface area (Å²) >= 11 is 0. The van der Waals surface area contributed by atoms with Crippen molar-refractivity contribution in [3.8, 4) is 0 Å². The molecule has 0 saturated carbocycles. The fourth-order valence-corrected chi connectivity index (χ4v) is 1.25. The molecule has 1 rings (SSSR count). The fourth-order valence-electron chi connectivity index (χ4n) is 1.25. The summed E-state index contributed by atoms with van der Waals surface area (Å²) in [5.41, 5.74) is 1.78. The van der Waals surface area contributed by atoms with Gasteiger partial charge in [-0.2, -0.15) is 5.10 Å². The predicted octanol–water partition coefficient (Wildman–Crippen LogP) is 1.94. The molecule has 0 bridgehead atoms. The first kappa shape index (κ1) is 11.0. The summed E-state index contributed by atoms with van der Waals surface area (Å²) in [5, 5.41) is 14.0. The number of nitrogens with zero attached hydrogens (tertiary/aromatic N) is 2. The van der Waals surface area contributed by atoms with Crippen molar-refractivity contribution in [2.45, 2.75) is 32.3 Å². The zero-order valence-electron chi connectivity index (χ0n) is 9.28. The lowest BCUT2D eigenvalue weighted by Gasteiger charge is -2.13. The molecule has 78 valence electrons. The molecule has 1 heterocycles. The molecule has 1 N–H and O–H groups in total. The summed E-state index contributed by atoms with van der Waals surface area (Å²) in [4.78, 5) is 0. The van der Waals surface area contributed by atoms with Gasteiger partial charge in [0.15, 0.2) is 0 Å². The summed E-state index contributed by atoms with van der Waals surface area (Å²) < 4.78 is 1.70. The Kier molecular flexibility index (Phi) is 2.81. The van der Waals surface area contributed by atoms with Crippen molar-refractivity contribution in [1.29, 1.82) is 0 Å². The Balaban J connectivity index is 3.11. The number of aryl methyl sites for hydroxylation is 1. The number of aromatic nitrogens is 2. The summed E-state index contributed by atoms with van der Waals surface area (Å²) in [6, 6.07) is 1.92. The van der Waals surface area contributed by atoms with E-state index in [4.69, 9.17) is 0 Å². The minimum absolute atomic E-state index is 0.0108. The van der Waals surface area contributed by atoms with Gasteiger partial charge in [0.1, 0.15) is 6.10 Å². The third-order valence-electron chi connectivity index (χ3n) is 2.21. The molecule has 14 heavy (non-hydrogen) atoms. The number of hydrogen-bond donors (Lipinski definition) is 1. The standard InChI is InChI=1S/C11H18N2O/c1-6-9(14)8-7-10(11(2,3)4)12-13(8)5/h6-7,9,14H,1H2,2-5H3. The van der Waals surface area contributed by atoms with E-state index in [0.29, 0.717) is 0 Å². The van der Waals surface area contributed by atoms with Crippen LogP contribution >= 0.6 is 0 Å². The maximum Gasteiger partial charge on any atom is 0.113 e. The Morgan fingerprint density at radius 2 is 2.14 bits per heavy atom. The van der Waals surface area contributed by atoms with Crippen molar-refractivity contribution in [2.75, 3.05) is 0 Å². The predicted molar refractivity (Wildman–Crippen MR) is 57.1 cm³/mol. The molecule has 0 amide bonds. The highest BCUT2D eigenvalue weighted by molar-refractivity contribution is 5.20. The van der Waals surface area contributed by atoms with Gasteiger partial charge in [0.2, 0.25) is 0 Å². The van der Waals surface area contributed by atoms with E-state index in [0.717, 1.165) is 11.4 Å². The lowest BCUT2D eigenvalue weighted by atomic mass is 9.92. The number of rotatable bonds is 2. The SMILES string of the molecule is C=CC(O)c1cc(C(C)(C)C)nn1C. The highest BCUT2D eigenvalue weighted by Crippen LogP contribution is 2.24. The van der Waals surface area contributed by atoms with Gasteiger partial charge in [-0.3, -0.25) is 4.68 Å². The van der Waals surface area contributed by atoms with E-state index in [2.05, 4.69) is 32.4 Å². The molecule has 0 aliphatic carbocycles. The molecule has 0 radical (unpaired) electrons. The molecule has 0 aliphatic rings. The Hall–Kier alpha value is -1.09. The molecule has 1 atom stereocenters. The maximum absolute atomic E-state index is 9.61. The van der Waals surface area contributed by atoms with Crippen molar-refractivity contribution in [3.63, 3.8) is 0 Å². The van der Waals surface area contributed by atoms with Crippen molar-refractivity contribution >= 4 is 0 Å². The van der Waals surface area contributed by atoms with E-state index in [1.807, 2.05) is 13.1 Å². The summed E-state index contributed by atoms with van der Waals surface area (Å²) in [7, 11) is 1.83. The van der Waals surface area contributed by atoms with Gasteiger partial charge >= 0.3 is 0 Å². The quantitative estimate of drug-likeness (QED) is 0.731. The lowest BCUT2D eigenvalue weighted by Crippen LogP contribution is -2.12. The average molecular weight is 194 g/mol. The van der Waals surface area contributed by atoms with Gasteiger partial charge in [0, 0.05) is 12.5 Å². The van der Waals surface area contributed by atoms with Crippen LogP contribution in [0.25, 0.3) is 0 Å². The second-order valence-electron chi connectivity index (χ2n) is 4.51. The summed E-state index contributed by atoms with van der Waals surface area (Å²) in [5.74, 6) is 0. The molecule has 1 unspecified atom stereocenters. The Labute approximate surface area is 85.1 Å². The van der Waals surface area contributed by atoms with Gasteiger partial charge in [0.25, 0.3) is 0 Å². The van der Waals surface area contributed by atoms with Crippen molar-refractivity contribution < 1.29 is 5.11 Å². The van der Waals surface area contributed by atoms with Gasteiger partial charge in [-0.25, -0.2) is 0 Å². The number of aliphatic hydroxyl groups is 1. The minimum atomic E-state index is -0.636. The van der Waals surface area contributed by atoms with Crippen LogP contribution in [0, 0.1) is 0 Å². The van der Waals surface area contributed by atoms with Crippen molar-refractivity contribution in [2.24, 2.45) is 7.05 Å². The largest absolute Gasteiger partial charge is 0.383 e. The molecular formula is C11H18N2O. The third-order valence-corrected chi connectivity index (χ3v) is 2.21. The Morgan fingerprint density at radius 3 is 2.50 bits per heavy atom. The monoisotopic (exact) mass is 194 g/mol. The molecule has 0 saturated heterocycles. The van der Waals surface area contributed by atoms with Crippen LogP contribution in [0.4, 0.5) is 0 Å². The zero-order chi connectivity index (χ0) is 10.9. The van der Waals surface area contributed by atoms with Crippen LogP contribution in [-0.2, 0) is 12.5 Å². The van der Waals surface area contributed by atoms with Crippen LogP contribution in [-0.4, -0.2) is 14.9 Å². The first-order chi connectivity index (χ1) is 6.36. The number of hydrogen-bond acceptors (Lipinski definition) is 2.